The zero-order chi connectivity index (χ0) is 16.1. The fraction of sp³-hybridized carbons (Fsp3) is 0.556. The summed E-state index contributed by atoms with van der Waals surface area (Å²) in [4.78, 5) is 0. The predicted molar refractivity (Wildman–Crippen MR) is 91.3 cm³/mol. The Balaban J connectivity index is 2.04. The standard InChI is InChI=1S/C18H26O3S/c1-16(17-10-6-5-7-11-17)14-21-15-18(2)12-8-3-4-9-13-22(18,19)20/h5-7,10-11,14H,3-4,8-9,12-13,15H2,1-2H3/b16-14-. The van der Waals surface area contributed by atoms with Crippen LogP contribution in [0.1, 0.15) is 51.5 Å². The van der Waals surface area contributed by atoms with Crippen LogP contribution < -0.4 is 0 Å². The molecule has 0 amide bonds. The van der Waals surface area contributed by atoms with Crippen molar-refractivity contribution < 1.29 is 13.2 Å². The second kappa shape index (κ2) is 7.32. The van der Waals surface area contributed by atoms with E-state index >= 15 is 0 Å². The van der Waals surface area contributed by atoms with Crippen LogP contribution in [-0.2, 0) is 14.6 Å². The molecule has 1 atom stereocenters. The van der Waals surface area contributed by atoms with Crippen molar-refractivity contribution >= 4 is 15.4 Å². The Hall–Kier alpha value is -1.29. The lowest BCUT2D eigenvalue weighted by Crippen LogP contribution is -2.42. The zero-order valence-corrected chi connectivity index (χ0v) is 14.4. The van der Waals surface area contributed by atoms with Gasteiger partial charge in [-0.05, 0) is 37.8 Å². The summed E-state index contributed by atoms with van der Waals surface area (Å²) < 4.78 is 30.0. The summed E-state index contributed by atoms with van der Waals surface area (Å²) in [5, 5.41) is 0. The smallest absolute Gasteiger partial charge is 0.159 e. The number of hydrogen-bond donors (Lipinski definition) is 0. The maximum Gasteiger partial charge on any atom is 0.159 e. The van der Waals surface area contributed by atoms with Gasteiger partial charge in [-0.3, -0.25) is 0 Å². The van der Waals surface area contributed by atoms with Crippen molar-refractivity contribution in [3.05, 3.63) is 42.2 Å². The van der Waals surface area contributed by atoms with Gasteiger partial charge in [-0.1, -0.05) is 49.6 Å². The molecule has 3 nitrogen and oxygen atoms in total. The topological polar surface area (TPSA) is 43.4 Å². The molecule has 1 aromatic carbocycles. The number of hydrogen-bond acceptors (Lipinski definition) is 3. The molecule has 4 heteroatoms. The van der Waals surface area contributed by atoms with Crippen molar-refractivity contribution in [2.75, 3.05) is 12.4 Å². The molecule has 2 rings (SSSR count). The van der Waals surface area contributed by atoms with Crippen LogP contribution in [0.2, 0.25) is 0 Å². The van der Waals surface area contributed by atoms with E-state index in [1.807, 2.05) is 44.2 Å². The third kappa shape index (κ3) is 4.13. The molecule has 1 aliphatic heterocycles. The molecule has 1 heterocycles. The monoisotopic (exact) mass is 322 g/mol. The molecule has 1 unspecified atom stereocenters. The third-order valence-electron chi connectivity index (χ3n) is 4.50. The average molecular weight is 322 g/mol. The summed E-state index contributed by atoms with van der Waals surface area (Å²) in [5.74, 6) is 0.286. The van der Waals surface area contributed by atoms with Crippen molar-refractivity contribution in [2.24, 2.45) is 0 Å². The van der Waals surface area contributed by atoms with E-state index in [0.717, 1.165) is 36.8 Å². The van der Waals surface area contributed by atoms with Gasteiger partial charge in [-0.15, -0.1) is 0 Å². The summed E-state index contributed by atoms with van der Waals surface area (Å²) in [6.45, 7) is 4.04. The van der Waals surface area contributed by atoms with Gasteiger partial charge in [-0.25, -0.2) is 8.42 Å². The lowest BCUT2D eigenvalue weighted by molar-refractivity contribution is 0.206. The first-order valence-corrected chi connectivity index (χ1v) is 9.66. The van der Waals surface area contributed by atoms with Crippen molar-refractivity contribution in [3.63, 3.8) is 0 Å². The van der Waals surface area contributed by atoms with Gasteiger partial charge in [0.25, 0.3) is 0 Å². The highest BCUT2D eigenvalue weighted by Crippen LogP contribution is 2.29. The van der Waals surface area contributed by atoms with Crippen molar-refractivity contribution in [2.45, 2.75) is 50.7 Å². The van der Waals surface area contributed by atoms with Gasteiger partial charge in [-0.2, -0.15) is 0 Å². The van der Waals surface area contributed by atoms with Crippen LogP contribution >= 0.6 is 0 Å². The zero-order valence-electron chi connectivity index (χ0n) is 13.5. The average Bonchev–Trinajstić information content (AvgIpc) is 2.50. The minimum Gasteiger partial charge on any atom is -0.499 e. The Morgan fingerprint density at radius 3 is 2.59 bits per heavy atom. The minimum atomic E-state index is -3.10. The molecule has 1 fully saturated rings. The highest BCUT2D eigenvalue weighted by Gasteiger charge is 2.39. The Bertz CT molecular complexity index is 604. The summed E-state index contributed by atoms with van der Waals surface area (Å²) in [7, 11) is -3.10. The number of ether oxygens (including phenoxy) is 1. The fourth-order valence-corrected chi connectivity index (χ4v) is 4.60. The van der Waals surface area contributed by atoms with E-state index in [1.165, 1.54) is 0 Å². The Kier molecular flexibility index (Phi) is 5.68. The largest absolute Gasteiger partial charge is 0.499 e. The van der Waals surface area contributed by atoms with Crippen LogP contribution in [0.5, 0.6) is 0 Å². The molecular weight excluding hydrogens is 296 g/mol. The molecule has 1 aliphatic rings. The number of rotatable bonds is 4. The Morgan fingerprint density at radius 1 is 1.18 bits per heavy atom. The summed E-state index contributed by atoms with van der Waals surface area (Å²) in [6.07, 6.45) is 6.24. The van der Waals surface area contributed by atoms with Crippen molar-refractivity contribution in [1.82, 2.24) is 0 Å². The molecule has 0 saturated carbocycles. The molecule has 122 valence electrons. The second-order valence-corrected chi connectivity index (χ2v) is 9.03. The molecule has 1 saturated heterocycles. The molecular formula is C18H26O3S. The van der Waals surface area contributed by atoms with E-state index in [1.54, 1.807) is 6.26 Å². The maximum atomic E-state index is 12.5. The van der Waals surface area contributed by atoms with Crippen molar-refractivity contribution in [3.8, 4) is 0 Å². The first-order valence-electron chi connectivity index (χ1n) is 8.01. The van der Waals surface area contributed by atoms with E-state index < -0.39 is 14.6 Å². The Labute approximate surface area is 134 Å². The van der Waals surface area contributed by atoms with E-state index in [-0.39, 0.29) is 12.4 Å². The summed E-state index contributed by atoms with van der Waals surface area (Å²) in [5.41, 5.74) is 2.10. The minimum absolute atomic E-state index is 0.236. The molecule has 0 spiro atoms. The van der Waals surface area contributed by atoms with Crippen LogP contribution in [0.4, 0.5) is 0 Å². The Morgan fingerprint density at radius 2 is 1.86 bits per heavy atom. The first kappa shape index (κ1) is 17.1. The van der Waals surface area contributed by atoms with Crippen LogP contribution in [0.25, 0.3) is 5.57 Å². The number of sulfone groups is 1. The quantitative estimate of drug-likeness (QED) is 0.780. The van der Waals surface area contributed by atoms with Crippen LogP contribution in [0, 0.1) is 0 Å². The number of benzene rings is 1. The van der Waals surface area contributed by atoms with Crippen LogP contribution in [0.15, 0.2) is 36.6 Å². The SMILES string of the molecule is C/C(=C/OCC1(C)CCCCCCS1(=O)=O)c1ccccc1. The second-order valence-electron chi connectivity index (χ2n) is 6.41. The number of allylic oxidation sites excluding steroid dienone is 1. The molecule has 22 heavy (non-hydrogen) atoms. The van der Waals surface area contributed by atoms with Crippen molar-refractivity contribution in [1.29, 1.82) is 0 Å². The van der Waals surface area contributed by atoms with Gasteiger partial charge >= 0.3 is 0 Å². The van der Waals surface area contributed by atoms with E-state index in [9.17, 15) is 8.42 Å². The molecule has 0 aliphatic carbocycles. The lowest BCUT2D eigenvalue weighted by atomic mass is 10.0. The molecule has 0 bridgehead atoms. The van der Waals surface area contributed by atoms with E-state index in [4.69, 9.17) is 4.74 Å². The van der Waals surface area contributed by atoms with Gasteiger partial charge in [0.1, 0.15) is 11.4 Å². The normalized spacial score (nSPS) is 26.0. The molecule has 0 radical (unpaired) electrons. The van der Waals surface area contributed by atoms with E-state index in [2.05, 4.69) is 0 Å². The van der Waals surface area contributed by atoms with Gasteiger partial charge in [0.2, 0.25) is 0 Å². The first-order chi connectivity index (χ1) is 10.4. The molecule has 0 aromatic heterocycles. The van der Waals surface area contributed by atoms with Crippen LogP contribution in [-0.4, -0.2) is 25.5 Å². The van der Waals surface area contributed by atoms with Gasteiger partial charge in [0.15, 0.2) is 9.84 Å². The predicted octanol–water partition coefficient (Wildman–Crippen LogP) is 4.20. The third-order valence-corrected chi connectivity index (χ3v) is 7.15. The fourth-order valence-electron chi connectivity index (χ4n) is 2.82. The highest BCUT2D eigenvalue weighted by atomic mass is 32.2. The highest BCUT2D eigenvalue weighted by molar-refractivity contribution is 7.92. The van der Waals surface area contributed by atoms with Gasteiger partial charge in [0.05, 0.1) is 12.0 Å². The van der Waals surface area contributed by atoms with Gasteiger partial charge < -0.3 is 4.74 Å². The molecule has 0 N–H and O–H groups in total. The molecule has 1 aromatic rings. The van der Waals surface area contributed by atoms with Crippen LogP contribution in [0.3, 0.4) is 0 Å². The summed E-state index contributed by atoms with van der Waals surface area (Å²) >= 11 is 0. The van der Waals surface area contributed by atoms with E-state index in [0.29, 0.717) is 6.42 Å². The maximum absolute atomic E-state index is 12.5. The summed E-state index contributed by atoms with van der Waals surface area (Å²) in [6, 6.07) is 9.97. The van der Waals surface area contributed by atoms with Gasteiger partial charge in [0, 0.05) is 0 Å². The lowest BCUT2D eigenvalue weighted by Gasteiger charge is -2.30.